The molecular weight excluding hydrogens is 335 g/mol. The number of hydrogen-bond donors (Lipinski definition) is 1. The maximum atomic E-state index is 10.4. The Kier molecular flexibility index (Phi) is 4.18. The first kappa shape index (κ1) is 14.8. The van der Waals surface area contributed by atoms with Crippen LogP contribution in [-0.4, -0.2) is 11.9 Å². The first-order valence-corrected chi connectivity index (χ1v) is 7.39. The zero-order valence-electron chi connectivity index (χ0n) is 10.8. The van der Waals surface area contributed by atoms with Gasteiger partial charge in [0.2, 0.25) is 6.79 Å². The highest BCUT2D eigenvalue weighted by atomic mass is 35.5. The molecule has 21 heavy (non-hydrogen) atoms. The van der Waals surface area contributed by atoms with Crippen molar-refractivity contribution in [3.63, 3.8) is 0 Å². The lowest BCUT2D eigenvalue weighted by Gasteiger charge is -2.14. The Labute approximate surface area is 137 Å². The number of aliphatic hydroxyl groups is 1. The van der Waals surface area contributed by atoms with Gasteiger partial charge in [0.15, 0.2) is 11.5 Å². The van der Waals surface area contributed by atoms with Gasteiger partial charge in [-0.3, -0.25) is 0 Å². The van der Waals surface area contributed by atoms with Crippen molar-refractivity contribution in [1.29, 1.82) is 0 Å². The van der Waals surface area contributed by atoms with Gasteiger partial charge >= 0.3 is 0 Å². The molecule has 0 amide bonds. The van der Waals surface area contributed by atoms with Crippen LogP contribution < -0.4 is 9.47 Å². The fourth-order valence-corrected chi connectivity index (χ4v) is 3.04. The van der Waals surface area contributed by atoms with Gasteiger partial charge in [0.05, 0.1) is 11.1 Å². The van der Waals surface area contributed by atoms with Crippen LogP contribution in [0.5, 0.6) is 11.5 Å². The molecular formula is C15H11Cl3O3. The molecule has 1 N–H and O–H groups in total. The van der Waals surface area contributed by atoms with Crippen molar-refractivity contribution < 1.29 is 14.6 Å². The minimum absolute atomic E-state index is 0.130. The number of benzene rings is 2. The van der Waals surface area contributed by atoms with Gasteiger partial charge in [-0.25, -0.2) is 0 Å². The number of aliphatic hydroxyl groups excluding tert-OH is 1. The van der Waals surface area contributed by atoms with E-state index in [4.69, 9.17) is 44.3 Å². The molecule has 110 valence electrons. The number of ether oxygens (including phenoxy) is 2. The fraction of sp³-hybridized carbons (Fsp3) is 0.200. The van der Waals surface area contributed by atoms with Crippen LogP contribution in [0.2, 0.25) is 15.1 Å². The van der Waals surface area contributed by atoms with E-state index in [0.29, 0.717) is 37.7 Å². The topological polar surface area (TPSA) is 38.7 Å². The van der Waals surface area contributed by atoms with Gasteiger partial charge in [0.1, 0.15) is 0 Å². The lowest BCUT2D eigenvalue weighted by molar-refractivity contribution is 0.171. The van der Waals surface area contributed by atoms with Crippen molar-refractivity contribution in [2.45, 2.75) is 12.5 Å². The van der Waals surface area contributed by atoms with E-state index in [-0.39, 0.29) is 13.2 Å². The predicted molar refractivity (Wildman–Crippen MR) is 82.7 cm³/mol. The van der Waals surface area contributed by atoms with Crippen molar-refractivity contribution in [3.05, 3.63) is 56.5 Å². The Morgan fingerprint density at radius 2 is 1.76 bits per heavy atom. The Bertz CT molecular complexity index is 668. The van der Waals surface area contributed by atoms with Crippen LogP contribution in [0.1, 0.15) is 17.2 Å². The summed E-state index contributed by atoms with van der Waals surface area (Å²) in [6.07, 6.45) is -0.511. The molecule has 0 aliphatic carbocycles. The molecule has 0 saturated carbocycles. The SMILES string of the molecule is OC(Cc1c(Cl)cccc1Cl)c1cc(Cl)c2c(c1)OCO2. The Balaban J connectivity index is 1.89. The second-order valence-electron chi connectivity index (χ2n) is 4.66. The summed E-state index contributed by atoms with van der Waals surface area (Å²) in [6, 6.07) is 8.61. The smallest absolute Gasteiger partial charge is 0.231 e. The van der Waals surface area contributed by atoms with E-state index in [9.17, 15) is 5.11 Å². The van der Waals surface area contributed by atoms with Gasteiger partial charge in [0.25, 0.3) is 0 Å². The van der Waals surface area contributed by atoms with Crippen LogP contribution in [0.4, 0.5) is 0 Å². The molecule has 0 bridgehead atoms. The normalized spacial score (nSPS) is 14.3. The minimum Gasteiger partial charge on any atom is -0.454 e. The summed E-state index contributed by atoms with van der Waals surface area (Å²) in [5.74, 6) is 1.03. The van der Waals surface area contributed by atoms with Crippen LogP contribution in [0, 0.1) is 0 Å². The molecule has 1 atom stereocenters. The molecule has 0 spiro atoms. The minimum atomic E-state index is -0.797. The molecule has 1 aliphatic rings. The van der Waals surface area contributed by atoms with E-state index >= 15 is 0 Å². The molecule has 0 saturated heterocycles. The largest absolute Gasteiger partial charge is 0.454 e. The van der Waals surface area contributed by atoms with E-state index in [1.165, 1.54) is 0 Å². The van der Waals surface area contributed by atoms with Gasteiger partial charge in [-0.1, -0.05) is 40.9 Å². The third-order valence-corrected chi connectivity index (χ3v) is 4.28. The predicted octanol–water partition coefficient (Wildman–Crippen LogP) is 4.65. The van der Waals surface area contributed by atoms with Crippen LogP contribution in [0.25, 0.3) is 0 Å². The molecule has 3 nitrogen and oxygen atoms in total. The first-order chi connectivity index (χ1) is 10.1. The monoisotopic (exact) mass is 344 g/mol. The van der Waals surface area contributed by atoms with Gasteiger partial charge in [-0.2, -0.15) is 0 Å². The van der Waals surface area contributed by atoms with Gasteiger partial charge < -0.3 is 14.6 Å². The van der Waals surface area contributed by atoms with Crippen molar-refractivity contribution >= 4 is 34.8 Å². The van der Waals surface area contributed by atoms with Crippen LogP contribution in [0.3, 0.4) is 0 Å². The summed E-state index contributed by atoms with van der Waals surface area (Å²) < 4.78 is 10.5. The zero-order chi connectivity index (χ0) is 15.0. The van der Waals surface area contributed by atoms with E-state index < -0.39 is 6.10 Å². The summed E-state index contributed by atoms with van der Waals surface area (Å²) in [5.41, 5.74) is 1.32. The fourth-order valence-electron chi connectivity index (χ4n) is 2.22. The number of hydrogen-bond acceptors (Lipinski definition) is 3. The molecule has 6 heteroatoms. The van der Waals surface area contributed by atoms with E-state index in [1.807, 2.05) is 0 Å². The Morgan fingerprint density at radius 3 is 2.48 bits per heavy atom. The highest BCUT2D eigenvalue weighted by Gasteiger charge is 2.22. The van der Waals surface area contributed by atoms with E-state index in [2.05, 4.69) is 0 Å². The summed E-state index contributed by atoms with van der Waals surface area (Å²) in [6.45, 7) is 0.130. The molecule has 1 unspecified atom stereocenters. The van der Waals surface area contributed by atoms with E-state index in [1.54, 1.807) is 30.3 Å². The highest BCUT2D eigenvalue weighted by molar-refractivity contribution is 6.36. The average molecular weight is 346 g/mol. The molecule has 0 radical (unpaired) electrons. The van der Waals surface area contributed by atoms with Crippen LogP contribution in [0.15, 0.2) is 30.3 Å². The Hall–Kier alpha value is -1.13. The maximum Gasteiger partial charge on any atom is 0.231 e. The molecule has 1 heterocycles. The lowest BCUT2D eigenvalue weighted by atomic mass is 10.0. The number of rotatable bonds is 3. The molecule has 3 rings (SSSR count). The zero-order valence-corrected chi connectivity index (χ0v) is 13.0. The maximum absolute atomic E-state index is 10.4. The molecule has 2 aromatic carbocycles. The lowest BCUT2D eigenvalue weighted by Crippen LogP contribution is -2.03. The van der Waals surface area contributed by atoms with Gasteiger partial charge in [-0.05, 0) is 35.4 Å². The standard InChI is InChI=1S/C15H11Cl3O3/c16-10-2-1-3-11(17)9(10)6-13(19)8-4-12(18)15-14(5-8)20-7-21-15/h1-5,13,19H,6-7H2. The van der Waals surface area contributed by atoms with Gasteiger partial charge in [-0.15, -0.1) is 0 Å². The second-order valence-corrected chi connectivity index (χ2v) is 5.88. The number of halogens is 3. The molecule has 0 aromatic heterocycles. The van der Waals surface area contributed by atoms with Crippen molar-refractivity contribution in [3.8, 4) is 11.5 Å². The third kappa shape index (κ3) is 2.92. The molecule has 2 aromatic rings. The summed E-state index contributed by atoms with van der Waals surface area (Å²) in [5, 5.41) is 11.9. The van der Waals surface area contributed by atoms with Crippen molar-refractivity contribution in [2.24, 2.45) is 0 Å². The summed E-state index contributed by atoms with van der Waals surface area (Å²) >= 11 is 18.4. The highest BCUT2D eigenvalue weighted by Crippen LogP contribution is 2.41. The number of fused-ring (bicyclic) bond motifs is 1. The quantitative estimate of drug-likeness (QED) is 0.880. The second kappa shape index (κ2) is 5.93. The van der Waals surface area contributed by atoms with Crippen LogP contribution >= 0.6 is 34.8 Å². The Morgan fingerprint density at radius 1 is 1.05 bits per heavy atom. The molecule has 1 aliphatic heterocycles. The summed E-state index contributed by atoms with van der Waals surface area (Å²) in [4.78, 5) is 0. The van der Waals surface area contributed by atoms with Crippen LogP contribution in [-0.2, 0) is 6.42 Å². The van der Waals surface area contributed by atoms with Gasteiger partial charge in [0, 0.05) is 16.5 Å². The van der Waals surface area contributed by atoms with Crippen molar-refractivity contribution in [1.82, 2.24) is 0 Å². The first-order valence-electron chi connectivity index (χ1n) is 6.26. The van der Waals surface area contributed by atoms with Crippen molar-refractivity contribution in [2.75, 3.05) is 6.79 Å². The molecule has 0 fully saturated rings. The van der Waals surface area contributed by atoms with E-state index in [0.717, 1.165) is 0 Å². The average Bonchev–Trinajstić information content (AvgIpc) is 2.91. The third-order valence-electron chi connectivity index (χ3n) is 3.29. The summed E-state index contributed by atoms with van der Waals surface area (Å²) in [7, 11) is 0.